The van der Waals surface area contributed by atoms with Gasteiger partial charge in [-0.25, -0.2) is 9.86 Å². The second-order valence-corrected chi connectivity index (χ2v) is 8.37. The maximum atomic E-state index is 12.4. The predicted octanol–water partition coefficient (Wildman–Crippen LogP) is 1.87. The lowest BCUT2D eigenvalue weighted by molar-refractivity contribution is -0.169. The molecule has 1 rings (SSSR count). The van der Waals surface area contributed by atoms with Gasteiger partial charge >= 0.3 is 6.09 Å². The Labute approximate surface area is 162 Å². The monoisotopic (exact) mass is 392 g/mol. The van der Waals surface area contributed by atoms with Crippen LogP contribution in [0.5, 0.6) is 0 Å². The van der Waals surface area contributed by atoms with Crippen molar-refractivity contribution in [1.82, 2.24) is 9.96 Å². The summed E-state index contributed by atoms with van der Waals surface area (Å²) in [5.41, 5.74) is -1.32. The first-order valence-electron chi connectivity index (χ1n) is 8.89. The molecule has 2 N–H and O–H groups in total. The van der Waals surface area contributed by atoms with Gasteiger partial charge < -0.3 is 19.7 Å². The van der Waals surface area contributed by atoms with Crippen molar-refractivity contribution in [2.75, 3.05) is 20.8 Å². The number of ether oxygens (including phenoxy) is 2. The van der Waals surface area contributed by atoms with Crippen LogP contribution in [0.15, 0.2) is 0 Å². The van der Waals surface area contributed by atoms with Gasteiger partial charge in [-0.05, 0) is 54.9 Å². The molecule has 1 aliphatic rings. The zero-order valence-electron chi connectivity index (χ0n) is 18.0. The first kappa shape index (κ1) is 25.6. The quantitative estimate of drug-likeness (QED) is 0.555. The van der Waals surface area contributed by atoms with Crippen LogP contribution in [0.1, 0.15) is 61.3 Å². The summed E-state index contributed by atoms with van der Waals surface area (Å²) in [5, 5.41) is 17.3. The zero-order chi connectivity index (χ0) is 21.6. The molecular formula is C18H36N2O7. The smallest absolute Gasteiger partial charge is 0.412 e. The summed E-state index contributed by atoms with van der Waals surface area (Å²) in [6, 6.07) is -0.195. The molecular weight excluding hydrogens is 356 g/mol. The van der Waals surface area contributed by atoms with E-state index >= 15 is 0 Å². The van der Waals surface area contributed by atoms with E-state index in [4.69, 9.17) is 24.5 Å². The number of hydrogen-bond donors (Lipinski definition) is 2. The summed E-state index contributed by atoms with van der Waals surface area (Å²) >= 11 is 0. The highest BCUT2D eigenvalue weighted by atomic mass is 16.7. The average molecular weight is 392 g/mol. The van der Waals surface area contributed by atoms with Crippen LogP contribution in [0.25, 0.3) is 0 Å². The average Bonchev–Trinajstić information content (AvgIpc) is 2.75. The van der Waals surface area contributed by atoms with Gasteiger partial charge in [0.2, 0.25) is 5.91 Å². The van der Waals surface area contributed by atoms with E-state index in [9.17, 15) is 9.59 Å². The molecule has 0 spiro atoms. The predicted molar refractivity (Wildman–Crippen MR) is 99.4 cm³/mol. The zero-order valence-corrected chi connectivity index (χ0v) is 18.0. The van der Waals surface area contributed by atoms with Crippen molar-refractivity contribution in [1.29, 1.82) is 0 Å². The number of hydroxylamine groups is 2. The number of carbonyl (C=O) groups is 2. The maximum absolute atomic E-state index is 12.4. The third-order valence-electron chi connectivity index (χ3n) is 3.48. The molecule has 9 nitrogen and oxygen atoms in total. The van der Waals surface area contributed by atoms with E-state index in [1.807, 2.05) is 34.6 Å². The molecule has 0 aliphatic carbocycles. The molecule has 0 aromatic heterocycles. The molecule has 1 fully saturated rings. The molecule has 1 heterocycles. The molecule has 1 unspecified atom stereocenters. The molecule has 0 saturated carbocycles. The molecule has 0 aromatic rings. The fraction of sp³-hybridized carbons (Fsp3) is 0.889. The Morgan fingerprint density at radius 3 is 2.11 bits per heavy atom. The number of carbonyl (C=O) groups excluding carboxylic acids is 2. The van der Waals surface area contributed by atoms with Gasteiger partial charge in [0.05, 0.1) is 19.8 Å². The van der Waals surface area contributed by atoms with Crippen molar-refractivity contribution >= 4 is 12.0 Å². The van der Waals surface area contributed by atoms with E-state index in [0.29, 0.717) is 13.0 Å². The van der Waals surface area contributed by atoms with Crippen LogP contribution in [-0.4, -0.2) is 76.1 Å². The lowest BCUT2D eigenvalue weighted by atomic mass is 10.1. The van der Waals surface area contributed by atoms with Gasteiger partial charge in [0.25, 0.3) is 0 Å². The van der Waals surface area contributed by atoms with Crippen LogP contribution >= 0.6 is 0 Å². The summed E-state index contributed by atoms with van der Waals surface area (Å²) in [6.07, 6.45) is 0.343. The van der Waals surface area contributed by atoms with E-state index < -0.39 is 23.2 Å². The fourth-order valence-corrected chi connectivity index (χ4v) is 2.33. The molecule has 1 saturated heterocycles. The van der Waals surface area contributed by atoms with Gasteiger partial charge in [0.1, 0.15) is 11.3 Å². The lowest BCUT2D eigenvalue weighted by Gasteiger charge is -2.35. The van der Waals surface area contributed by atoms with Crippen LogP contribution in [0, 0.1) is 0 Å². The molecule has 0 aromatic carbocycles. The molecule has 1 atom stereocenters. The van der Waals surface area contributed by atoms with Crippen molar-refractivity contribution < 1.29 is 34.1 Å². The van der Waals surface area contributed by atoms with Crippen LogP contribution in [0.3, 0.4) is 0 Å². The molecule has 2 amide bonds. The first-order valence-corrected chi connectivity index (χ1v) is 8.89. The Bertz CT molecular complexity index is 489. The highest BCUT2D eigenvalue weighted by Gasteiger charge is 2.45. The van der Waals surface area contributed by atoms with Gasteiger partial charge in [-0.15, -0.1) is 0 Å². The van der Waals surface area contributed by atoms with Crippen LogP contribution in [0.2, 0.25) is 0 Å². The van der Waals surface area contributed by atoms with Crippen LogP contribution < -0.4 is 0 Å². The molecule has 0 radical (unpaired) electrons. The van der Waals surface area contributed by atoms with Gasteiger partial charge in [0, 0.05) is 13.5 Å². The van der Waals surface area contributed by atoms with Gasteiger partial charge in [0.15, 0.2) is 5.79 Å². The molecule has 160 valence electrons. The highest BCUT2D eigenvalue weighted by molar-refractivity contribution is 5.75. The van der Waals surface area contributed by atoms with Crippen molar-refractivity contribution in [3.63, 3.8) is 0 Å². The minimum atomic E-state index is -1.50. The largest absolute Gasteiger partial charge is 0.444 e. The fourth-order valence-electron chi connectivity index (χ4n) is 2.33. The summed E-state index contributed by atoms with van der Waals surface area (Å²) < 4.78 is 11.1. The number of rotatable bonds is 4. The second kappa shape index (κ2) is 9.68. The Morgan fingerprint density at radius 2 is 1.70 bits per heavy atom. The van der Waals surface area contributed by atoms with Crippen molar-refractivity contribution in [2.45, 2.75) is 84.5 Å². The van der Waals surface area contributed by atoms with Crippen LogP contribution in [0.4, 0.5) is 4.79 Å². The minimum Gasteiger partial charge on any atom is -0.444 e. The molecule has 9 heteroatoms. The number of hydrogen-bond acceptors (Lipinski definition) is 7. The molecule has 27 heavy (non-hydrogen) atoms. The van der Waals surface area contributed by atoms with Crippen LogP contribution in [-0.2, 0) is 19.1 Å². The summed E-state index contributed by atoms with van der Waals surface area (Å²) in [7, 11) is 3.00. The normalized spacial score (nSPS) is 19.2. The summed E-state index contributed by atoms with van der Waals surface area (Å²) in [5.74, 6) is -1.64. The maximum Gasteiger partial charge on any atom is 0.412 e. The van der Waals surface area contributed by atoms with Gasteiger partial charge in [-0.1, -0.05) is 0 Å². The Kier molecular flexibility index (Phi) is 9.17. The standard InChI is InChI=1S/C15H28N2O5.C3H8O2/c1-14(2,3)22-13(19)17-11(10-21-15(17,4)5)8-9-12(18)16(6)20-7;1-3(2,4)5/h11H,8-10H2,1-7H3;4-5H,1-2H3. The van der Waals surface area contributed by atoms with Crippen molar-refractivity contribution in [3.05, 3.63) is 0 Å². The number of nitrogens with zero attached hydrogens (tertiary/aromatic N) is 2. The Hall–Kier alpha value is -1.42. The van der Waals surface area contributed by atoms with Gasteiger partial charge in [-0.3, -0.25) is 14.5 Å². The second-order valence-electron chi connectivity index (χ2n) is 8.37. The Balaban J connectivity index is 0.00000119. The first-order chi connectivity index (χ1) is 12.0. The highest BCUT2D eigenvalue weighted by Crippen LogP contribution is 2.31. The number of aliphatic hydroxyl groups is 2. The topological polar surface area (TPSA) is 109 Å². The third kappa shape index (κ3) is 10.5. The minimum absolute atomic E-state index is 0.142. The Morgan fingerprint density at radius 1 is 1.22 bits per heavy atom. The van der Waals surface area contributed by atoms with E-state index in [2.05, 4.69) is 0 Å². The summed E-state index contributed by atoms with van der Waals surface area (Å²) in [6.45, 7) is 12.1. The number of amides is 2. The van der Waals surface area contributed by atoms with E-state index in [-0.39, 0.29) is 18.4 Å². The lowest BCUT2D eigenvalue weighted by Crippen LogP contribution is -2.50. The third-order valence-corrected chi connectivity index (χ3v) is 3.48. The van der Waals surface area contributed by atoms with Gasteiger partial charge in [-0.2, -0.15) is 0 Å². The van der Waals surface area contributed by atoms with E-state index in [1.165, 1.54) is 26.0 Å². The van der Waals surface area contributed by atoms with Crippen molar-refractivity contribution in [2.24, 2.45) is 0 Å². The SMILES string of the molecule is CC(C)(O)O.CON(C)C(=O)CCC1COC(C)(C)N1C(=O)OC(C)(C)C. The molecule has 1 aliphatic heterocycles. The molecule has 0 bridgehead atoms. The summed E-state index contributed by atoms with van der Waals surface area (Å²) in [4.78, 5) is 30.7. The van der Waals surface area contributed by atoms with E-state index in [0.717, 1.165) is 0 Å². The van der Waals surface area contributed by atoms with Crippen molar-refractivity contribution in [3.8, 4) is 0 Å². The van der Waals surface area contributed by atoms with E-state index in [1.54, 1.807) is 11.9 Å².